The molecule has 1 saturated carbocycles. The molecule has 1 fully saturated rings. The third-order valence-electron chi connectivity index (χ3n) is 9.00. The van der Waals surface area contributed by atoms with Crippen molar-refractivity contribution < 1.29 is 14.3 Å². The van der Waals surface area contributed by atoms with Gasteiger partial charge in [0.15, 0.2) is 0 Å². The van der Waals surface area contributed by atoms with Crippen molar-refractivity contribution >= 4 is 12.0 Å². The summed E-state index contributed by atoms with van der Waals surface area (Å²) >= 11 is 0. The Labute approximate surface area is 273 Å². The molecule has 1 aliphatic carbocycles. The first-order valence-electron chi connectivity index (χ1n) is 16.7. The van der Waals surface area contributed by atoms with Crippen molar-refractivity contribution in [1.29, 1.82) is 0 Å². The van der Waals surface area contributed by atoms with Crippen LogP contribution in [-0.2, 0) is 21.5 Å². The first-order chi connectivity index (χ1) is 22.2. The molecule has 1 heterocycles. The number of carbonyl (C=O) groups excluding carboxylic acids is 2. The van der Waals surface area contributed by atoms with Gasteiger partial charge >= 0.3 is 6.09 Å². The van der Waals surface area contributed by atoms with Gasteiger partial charge in [-0.3, -0.25) is 4.79 Å². The third kappa shape index (κ3) is 7.69. The maximum absolute atomic E-state index is 13.3. The molecule has 2 amide bonds. The lowest BCUT2D eigenvalue weighted by Crippen LogP contribution is -2.49. The van der Waals surface area contributed by atoms with E-state index in [1.807, 2.05) is 45.3 Å². The Morgan fingerprint density at radius 3 is 1.89 bits per heavy atom. The average Bonchev–Trinajstić information content (AvgIpc) is 3.71. The van der Waals surface area contributed by atoms with Crippen LogP contribution in [0.5, 0.6) is 0 Å². The van der Waals surface area contributed by atoms with Gasteiger partial charge in [0, 0.05) is 12.2 Å². The number of benzene rings is 3. The van der Waals surface area contributed by atoms with Crippen LogP contribution in [0.15, 0.2) is 97.3 Å². The highest BCUT2D eigenvalue weighted by Crippen LogP contribution is 2.42. The predicted molar refractivity (Wildman–Crippen MR) is 183 cm³/mol. The predicted octanol–water partition coefficient (Wildman–Crippen LogP) is 7.55. The standard InChI is InChI=1S/C39H48N4O3/c1-29-34(25-16-26-35(42-37(45)46-38(2,3)4)36(44)40-27-30-17-14-15-18-30)41-28-43(29)39(31-19-8-5-9-20-31,32-21-10-6-11-22-32)33-23-12-7-13-24-33/h5-13,19-24,28,30,35H,14-18,25-27H2,1-4H3,(H,40,44)(H,42,45)/t35-/m0/s1. The van der Waals surface area contributed by atoms with Gasteiger partial charge in [-0.15, -0.1) is 0 Å². The van der Waals surface area contributed by atoms with Gasteiger partial charge in [0.2, 0.25) is 5.91 Å². The Morgan fingerprint density at radius 1 is 0.870 bits per heavy atom. The highest BCUT2D eigenvalue weighted by atomic mass is 16.6. The van der Waals surface area contributed by atoms with E-state index in [1.54, 1.807) is 0 Å². The normalized spacial score (nSPS) is 14.5. The number of rotatable bonds is 12. The summed E-state index contributed by atoms with van der Waals surface area (Å²) in [7, 11) is 0. The fourth-order valence-electron chi connectivity index (χ4n) is 6.76. The van der Waals surface area contributed by atoms with Crippen molar-refractivity contribution in [1.82, 2.24) is 20.2 Å². The molecule has 0 radical (unpaired) electrons. The Morgan fingerprint density at radius 2 is 1.39 bits per heavy atom. The summed E-state index contributed by atoms with van der Waals surface area (Å²) in [6.07, 6.45) is 7.89. The van der Waals surface area contributed by atoms with E-state index in [-0.39, 0.29) is 5.91 Å². The van der Waals surface area contributed by atoms with Gasteiger partial charge < -0.3 is 19.9 Å². The number of hydrogen-bond acceptors (Lipinski definition) is 4. The summed E-state index contributed by atoms with van der Waals surface area (Å²) in [5.74, 6) is 0.355. The summed E-state index contributed by atoms with van der Waals surface area (Å²) < 4.78 is 7.79. The van der Waals surface area contributed by atoms with Crippen molar-refractivity contribution in [2.75, 3.05) is 6.54 Å². The number of aromatic nitrogens is 2. The first kappa shape index (κ1) is 33.0. The van der Waals surface area contributed by atoms with E-state index in [1.165, 1.54) is 12.8 Å². The topological polar surface area (TPSA) is 85.2 Å². The van der Waals surface area contributed by atoms with Crippen molar-refractivity contribution in [3.05, 3.63) is 125 Å². The van der Waals surface area contributed by atoms with Gasteiger partial charge in [0.05, 0.1) is 12.0 Å². The lowest BCUT2D eigenvalue weighted by atomic mass is 9.76. The minimum absolute atomic E-state index is 0.156. The molecule has 0 unspecified atom stereocenters. The van der Waals surface area contributed by atoms with Crippen LogP contribution in [0, 0.1) is 12.8 Å². The van der Waals surface area contributed by atoms with Crippen molar-refractivity contribution in [3.8, 4) is 0 Å². The maximum atomic E-state index is 13.3. The number of hydrogen-bond donors (Lipinski definition) is 2. The molecule has 0 bridgehead atoms. The second-order valence-corrected chi connectivity index (χ2v) is 13.4. The number of nitrogens with zero attached hydrogens (tertiary/aromatic N) is 2. The number of carbonyl (C=O) groups is 2. The maximum Gasteiger partial charge on any atom is 0.408 e. The Kier molecular flexibility index (Phi) is 10.6. The summed E-state index contributed by atoms with van der Waals surface area (Å²) in [6.45, 7) is 8.23. The molecule has 242 valence electrons. The fraction of sp³-hybridized carbons (Fsp3) is 0.410. The van der Waals surface area contributed by atoms with E-state index in [9.17, 15) is 9.59 Å². The van der Waals surface area contributed by atoms with Gasteiger partial charge in [-0.05, 0) is 82.4 Å². The molecule has 46 heavy (non-hydrogen) atoms. The Bertz CT molecular complexity index is 1460. The third-order valence-corrected chi connectivity index (χ3v) is 9.00. The van der Waals surface area contributed by atoms with Crippen LogP contribution in [0.2, 0.25) is 0 Å². The number of ether oxygens (including phenoxy) is 1. The molecule has 3 aromatic carbocycles. The van der Waals surface area contributed by atoms with Crippen LogP contribution < -0.4 is 10.6 Å². The van der Waals surface area contributed by atoms with Gasteiger partial charge in [0.25, 0.3) is 0 Å². The van der Waals surface area contributed by atoms with Crippen molar-refractivity contribution in [3.63, 3.8) is 0 Å². The summed E-state index contributed by atoms with van der Waals surface area (Å²) in [4.78, 5) is 31.0. The largest absolute Gasteiger partial charge is 0.444 e. The van der Waals surface area contributed by atoms with Crippen LogP contribution >= 0.6 is 0 Å². The molecular weight excluding hydrogens is 572 g/mol. The highest BCUT2D eigenvalue weighted by molar-refractivity contribution is 5.85. The molecule has 0 aliphatic heterocycles. The van der Waals surface area contributed by atoms with E-state index in [0.29, 0.717) is 31.7 Å². The summed E-state index contributed by atoms with van der Waals surface area (Å²) in [6, 6.07) is 31.0. The quantitative estimate of drug-likeness (QED) is 0.160. The first-order valence-corrected chi connectivity index (χ1v) is 16.7. The molecule has 1 aliphatic rings. The van der Waals surface area contributed by atoms with E-state index < -0.39 is 23.3 Å². The van der Waals surface area contributed by atoms with E-state index in [0.717, 1.165) is 40.9 Å². The van der Waals surface area contributed by atoms with Crippen LogP contribution in [0.25, 0.3) is 0 Å². The van der Waals surface area contributed by atoms with Gasteiger partial charge in [-0.1, -0.05) is 104 Å². The zero-order valence-corrected chi connectivity index (χ0v) is 27.7. The molecule has 0 spiro atoms. The van der Waals surface area contributed by atoms with Crippen LogP contribution in [0.4, 0.5) is 4.79 Å². The molecule has 0 saturated heterocycles. The number of aryl methyl sites for hydroxylation is 1. The average molecular weight is 621 g/mol. The van der Waals surface area contributed by atoms with E-state index in [4.69, 9.17) is 9.72 Å². The second kappa shape index (κ2) is 14.8. The zero-order chi connectivity index (χ0) is 32.6. The van der Waals surface area contributed by atoms with Crippen molar-refractivity contribution in [2.24, 2.45) is 5.92 Å². The molecule has 7 nitrogen and oxygen atoms in total. The molecule has 4 aromatic rings. The Hall–Kier alpha value is -4.39. The number of imidazole rings is 1. The Balaban J connectivity index is 1.40. The SMILES string of the molecule is Cc1c(CCC[C@H](NC(=O)OC(C)(C)C)C(=O)NCC2CCCC2)ncn1C(c1ccccc1)(c1ccccc1)c1ccccc1. The van der Waals surface area contributed by atoms with Gasteiger partial charge in [0.1, 0.15) is 17.2 Å². The number of nitrogens with one attached hydrogen (secondary N) is 2. The monoisotopic (exact) mass is 620 g/mol. The molecule has 1 aromatic heterocycles. The minimum atomic E-state index is -0.685. The lowest BCUT2D eigenvalue weighted by Gasteiger charge is -2.38. The smallest absolute Gasteiger partial charge is 0.408 e. The highest BCUT2D eigenvalue weighted by Gasteiger charge is 2.39. The zero-order valence-electron chi connectivity index (χ0n) is 27.7. The summed E-state index contributed by atoms with van der Waals surface area (Å²) in [5.41, 5.74) is 4.15. The fourth-order valence-corrected chi connectivity index (χ4v) is 6.76. The van der Waals surface area contributed by atoms with Crippen LogP contribution in [0.3, 0.4) is 0 Å². The molecule has 2 N–H and O–H groups in total. The van der Waals surface area contributed by atoms with E-state index >= 15 is 0 Å². The van der Waals surface area contributed by atoms with Gasteiger partial charge in [-0.25, -0.2) is 9.78 Å². The molecular formula is C39H48N4O3. The number of alkyl carbamates (subject to hydrolysis) is 1. The second-order valence-electron chi connectivity index (χ2n) is 13.4. The van der Waals surface area contributed by atoms with E-state index in [2.05, 4.69) is 94.9 Å². The molecule has 1 atom stereocenters. The summed E-state index contributed by atoms with van der Waals surface area (Å²) in [5, 5.41) is 5.95. The van der Waals surface area contributed by atoms with Gasteiger partial charge in [-0.2, -0.15) is 0 Å². The van der Waals surface area contributed by atoms with Crippen LogP contribution in [0.1, 0.15) is 87.4 Å². The molecule has 5 rings (SSSR count). The van der Waals surface area contributed by atoms with Crippen LogP contribution in [-0.4, -0.2) is 39.7 Å². The lowest BCUT2D eigenvalue weighted by molar-refractivity contribution is -0.123. The van der Waals surface area contributed by atoms with Crippen molar-refractivity contribution in [2.45, 2.75) is 89.8 Å². The molecule has 7 heteroatoms. The number of amides is 2. The minimum Gasteiger partial charge on any atom is -0.444 e.